The molecule has 6 atom stereocenters. The van der Waals surface area contributed by atoms with Gasteiger partial charge in [0.15, 0.2) is 0 Å². The second kappa shape index (κ2) is 7.78. The zero-order chi connectivity index (χ0) is 22.8. The SMILES string of the molecule is CN(C)[C@@H]1CC=C2C=C3CC[C@]4(C)[C@@H](c5ccc6ccncc6c5)CC[C@H]4C3CC[C@@]2(O)C1. The molecule has 33 heavy (non-hydrogen) atoms. The third kappa shape index (κ3) is 3.42. The van der Waals surface area contributed by atoms with Crippen molar-refractivity contribution in [3.63, 3.8) is 0 Å². The molecule has 1 aromatic carbocycles. The van der Waals surface area contributed by atoms with Crippen LogP contribution in [0.5, 0.6) is 0 Å². The van der Waals surface area contributed by atoms with Crippen LogP contribution in [0.3, 0.4) is 0 Å². The third-order valence-corrected chi connectivity index (χ3v) is 10.1. The van der Waals surface area contributed by atoms with E-state index in [2.05, 4.69) is 67.3 Å². The Labute approximate surface area is 198 Å². The van der Waals surface area contributed by atoms with Gasteiger partial charge < -0.3 is 10.0 Å². The summed E-state index contributed by atoms with van der Waals surface area (Å²) in [4.78, 5) is 6.65. The minimum atomic E-state index is -0.642. The van der Waals surface area contributed by atoms with Crippen molar-refractivity contribution in [2.24, 2.45) is 17.3 Å². The van der Waals surface area contributed by atoms with Crippen LogP contribution >= 0.6 is 0 Å². The summed E-state index contributed by atoms with van der Waals surface area (Å²) in [5.41, 5.74) is 4.06. The van der Waals surface area contributed by atoms with Gasteiger partial charge in [0.25, 0.3) is 0 Å². The fourth-order valence-corrected chi connectivity index (χ4v) is 8.05. The number of benzene rings is 1. The van der Waals surface area contributed by atoms with Crippen LogP contribution in [0.2, 0.25) is 0 Å². The number of pyridine rings is 1. The molecule has 2 fully saturated rings. The highest BCUT2D eigenvalue weighted by Gasteiger charge is 2.54. The number of allylic oxidation sites excluding steroid dienone is 1. The van der Waals surface area contributed by atoms with Gasteiger partial charge >= 0.3 is 0 Å². The summed E-state index contributed by atoms with van der Waals surface area (Å²) in [5, 5.41) is 14.3. The van der Waals surface area contributed by atoms with Gasteiger partial charge in [0.1, 0.15) is 0 Å². The van der Waals surface area contributed by atoms with E-state index in [4.69, 9.17) is 0 Å². The van der Waals surface area contributed by atoms with Crippen molar-refractivity contribution < 1.29 is 5.11 Å². The van der Waals surface area contributed by atoms with Crippen molar-refractivity contribution in [1.29, 1.82) is 0 Å². The fraction of sp³-hybridized carbons (Fsp3) is 0.567. The molecule has 174 valence electrons. The van der Waals surface area contributed by atoms with Crippen molar-refractivity contribution in [3.05, 3.63) is 65.5 Å². The predicted molar refractivity (Wildman–Crippen MR) is 135 cm³/mol. The second-order valence-corrected chi connectivity index (χ2v) is 11.8. The van der Waals surface area contributed by atoms with Crippen LogP contribution < -0.4 is 0 Å². The fourth-order valence-electron chi connectivity index (χ4n) is 8.05. The van der Waals surface area contributed by atoms with E-state index in [-0.39, 0.29) is 0 Å². The monoisotopic (exact) mass is 442 g/mol. The van der Waals surface area contributed by atoms with Crippen molar-refractivity contribution in [2.75, 3.05) is 14.1 Å². The van der Waals surface area contributed by atoms with E-state index in [9.17, 15) is 5.11 Å². The standard InChI is InChI=1S/C30H38N2O/c1-29-13-10-21-17-24-6-7-25(32(2)3)18-30(24,33)14-11-26(21)28(29)9-8-27(29)22-5-4-20-12-15-31-19-23(20)16-22/h4-6,12,15-17,19,25-28,33H,7-11,13-14,18H2,1-3H3/t25-,26?,27-,28+,29-,30-/m1/s1. The van der Waals surface area contributed by atoms with Crippen LogP contribution in [0.25, 0.3) is 10.8 Å². The highest BCUT2D eigenvalue weighted by Crippen LogP contribution is 2.64. The third-order valence-electron chi connectivity index (χ3n) is 10.1. The second-order valence-electron chi connectivity index (χ2n) is 11.8. The molecule has 1 N–H and O–H groups in total. The van der Waals surface area contributed by atoms with Gasteiger partial charge in [0, 0.05) is 23.8 Å². The van der Waals surface area contributed by atoms with Crippen LogP contribution in [0.4, 0.5) is 0 Å². The van der Waals surface area contributed by atoms with Crippen molar-refractivity contribution in [3.8, 4) is 0 Å². The van der Waals surface area contributed by atoms with Gasteiger partial charge in [-0.3, -0.25) is 4.98 Å². The lowest BCUT2D eigenvalue weighted by atomic mass is 9.58. The number of hydrogen-bond donors (Lipinski definition) is 1. The van der Waals surface area contributed by atoms with Crippen molar-refractivity contribution in [2.45, 2.75) is 75.9 Å². The van der Waals surface area contributed by atoms with E-state index < -0.39 is 5.60 Å². The molecule has 3 heteroatoms. The molecule has 0 radical (unpaired) electrons. The van der Waals surface area contributed by atoms with Crippen LogP contribution in [0.15, 0.2) is 60.0 Å². The Morgan fingerprint density at radius 2 is 1.94 bits per heavy atom. The van der Waals surface area contributed by atoms with Crippen LogP contribution in [0.1, 0.15) is 69.8 Å². The molecule has 0 aliphatic heterocycles. The molecular formula is C30H38N2O. The van der Waals surface area contributed by atoms with Gasteiger partial charge in [0.2, 0.25) is 0 Å². The van der Waals surface area contributed by atoms with E-state index >= 15 is 0 Å². The van der Waals surface area contributed by atoms with Crippen molar-refractivity contribution >= 4 is 10.8 Å². The predicted octanol–water partition coefficient (Wildman–Crippen LogP) is 6.25. The topological polar surface area (TPSA) is 36.4 Å². The summed E-state index contributed by atoms with van der Waals surface area (Å²) >= 11 is 0. The quantitative estimate of drug-likeness (QED) is 0.597. The van der Waals surface area contributed by atoms with E-state index in [1.807, 2.05) is 12.4 Å². The summed E-state index contributed by atoms with van der Waals surface area (Å²) in [6.07, 6.45) is 17.7. The summed E-state index contributed by atoms with van der Waals surface area (Å²) in [7, 11) is 4.30. The Hall–Kier alpha value is -1.97. The molecule has 0 amide bonds. The molecule has 0 spiro atoms. The summed E-state index contributed by atoms with van der Waals surface area (Å²) in [6, 6.07) is 9.63. The molecule has 1 aromatic heterocycles. The molecule has 2 saturated carbocycles. The van der Waals surface area contributed by atoms with Gasteiger partial charge in [0.05, 0.1) is 5.60 Å². The number of hydrogen-bond acceptors (Lipinski definition) is 3. The van der Waals surface area contributed by atoms with E-state index in [1.54, 1.807) is 5.57 Å². The first-order valence-electron chi connectivity index (χ1n) is 13.0. The number of nitrogens with zero attached hydrogens (tertiary/aromatic N) is 2. The van der Waals surface area contributed by atoms with Crippen LogP contribution in [-0.4, -0.2) is 40.7 Å². The van der Waals surface area contributed by atoms with Gasteiger partial charge in [-0.2, -0.15) is 0 Å². The molecule has 1 unspecified atom stereocenters. The molecule has 0 saturated heterocycles. The lowest BCUT2D eigenvalue weighted by Crippen LogP contribution is -2.43. The van der Waals surface area contributed by atoms with E-state index in [1.165, 1.54) is 47.6 Å². The van der Waals surface area contributed by atoms with Crippen LogP contribution in [0, 0.1) is 17.3 Å². The minimum Gasteiger partial charge on any atom is -0.385 e. The normalized spacial score (nSPS) is 38.2. The Morgan fingerprint density at radius 1 is 1.06 bits per heavy atom. The summed E-state index contributed by atoms with van der Waals surface area (Å²) in [6.45, 7) is 2.58. The maximum Gasteiger partial charge on any atom is 0.0908 e. The first kappa shape index (κ1) is 21.6. The summed E-state index contributed by atoms with van der Waals surface area (Å²) < 4.78 is 0. The smallest absolute Gasteiger partial charge is 0.0908 e. The highest BCUT2D eigenvalue weighted by atomic mass is 16.3. The molecule has 6 rings (SSSR count). The average Bonchev–Trinajstić information content (AvgIpc) is 3.08. The van der Waals surface area contributed by atoms with Gasteiger partial charge in [-0.05, 0) is 117 Å². The molecule has 3 nitrogen and oxygen atoms in total. The molecule has 1 heterocycles. The largest absolute Gasteiger partial charge is 0.385 e. The number of rotatable bonds is 2. The Morgan fingerprint density at radius 3 is 2.79 bits per heavy atom. The maximum atomic E-state index is 11.7. The highest BCUT2D eigenvalue weighted by molar-refractivity contribution is 5.82. The summed E-state index contributed by atoms with van der Waals surface area (Å²) in [5.74, 6) is 1.98. The Bertz CT molecular complexity index is 1130. The number of aliphatic hydroxyl groups is 1. The zero-order valence-electron chi connectivity index (χ0n) is 20.4. The van der Waals surface area contributed by atoms with Gasteiger partial charge in [-0.15, -0.1) is 0 Å². The molecule has 2 aromatic rings. The Balaban J connectivity index is 1.30. The molecular weight excluding hydrogens is 404 g/mol. The molecule has 4 aliphatic rings. The zero-order valence-corrected chi connectivity index (χ0v) is 20.4. The molecule has 4 aliphatic carbocycles. The van der Waals surface area contributed by atoms with E-state index in [0.717, 1.165) is 31.6 Å². The van der Waals surface area contributed by atoms with Gasteiger partial charge in [-0.1, -0.05) is 36.8 Å². The number of fused-ring (bicyclic) bond motifs is 5. The lowest BCUT2D eigenvalue weighted by Gasteiger charge is -2.46. The van der Waals surface area contributed by atoms with Crippen LogP contribution in [-0.2, 0) is 0 Å². The van der Waals surface area contributed by atoms with Gasteiger partial charge in [-0.25, -0.2) is 0 Å². The molecule has 0 bridgehead atoms. The maximum absolute atomic E-state index is 11.7. The first-order valence-corrected chi connectivity index (χ1v) is 13.0. The number of aromatic nitrogens is 1. The first-order chi connectivity index (χ1) is 15.9. The average molecular weight is 443 g/mol. The minimum absolute atomic E-state index is 0.344. The van der Waals surface area contributed by atoms with E-state index in [0.29, 0.717) is 23.3 Å². The van der Waals surface area contributed by atoms with Crippen molar-refractivity contribution in [1.82, 2.24) is 9.88 Å². The Kier molecular flexibility index (Phi) is 5.08. The lowest BCUT2D eigenvalue weighted by molar-refractivity contribution is 0.0213.